The minimum absolute atomic E-state index is 0.0729. The van der Waals surface area contributed by atoms with E-state index >= 15 is 0 Å². The molecule has 0 spiro atoms. The second-order valence-electron chi connectivity index (χ2n) is 3.16. The molecule has 0 saturated carbocycles. The number of pyridine rings is 1. The fourth-order valence-electron chi connectivity index (χ4n) is 1.33. The Balaban J connectivity index is 2.87. The number of hydrogen-bond acceptors (Lipinski definition) is 3. The van der Waals surface area contributed by atoms with Crippen LogP contribution in [-0.2, 0) is 0 Å². The molecule has 0 amide bonds. The molecule has 0 aliphatic heterocycles. The first-order valence-electron chi connectivity index (χ1n) is 4.16. The molecular formula is C9H10N2OS. The van der Waals surface area contributed by atoms with Crippen LogP contribution in [0.5, 0.6) is 0 Å². The van der Waals surface area contributed by atoms with Crippen LogP contribution in [0.4, 0.5) is 0 Å². The minimum atomic E-state index is 0.0729. The van der Waals surface area contributed by atoms with Crippen molar-refractivity contribution in [1.82, 2.24) is 9.55 Å². The van der Waals surface area contributed by atoms with Gasteiger partial charge in [-0.05, 0) is 26.0 Å². The molecule has 2 aromatic rings. The second-order valence-corrected chi connectivity index (χ2v) is 4.15. The van der Waals surface area contributed by atoms with Crippen molar-refractivity contribution in [2.45, 2.75) is 19.9 Å². The monoisotopic (exact) mass is 194 g/mol. The third-order valence-corrected chi connectivity index (χ3v) is 2.80. The molecule has 0 aliphatic rings. The SMILES string of the molecule is CC(C)n1c(=O)sc2cccnc21. The lowest BCUT2D eigenvalue weighted by Gasteiger charge is -2.04. The van der Waals surface area contributed by atoms with Crippen molar-refractivity contribution in [1.29, 1.82) is 0 Å². The van der Waals surface area contributed by atoms with Crippen LogP contribution in [-0.4, -0.2) is 9.55 Å². The first kappa shape index (κ1) is 8.44. The summed E-state index contributed by atoms with van der Waals surface area (Å²) in [4.78, 5) is 15.8. The zero-order valence-corrected chi connectivity index (χ0v) is 8.34. The van der Waals surface area contributed by atoms with Crippen LogP contribution < -0.4 is 4.87 Å². The average molecular weight is 194 g/mol. The van der Waals surface area contributed by atoms with Gasteiger partial charge in [0, 0.05) is 12.2 Å². The van der Waals surface area contributed by atoms with Crippen LogP contribution in [0.25, 0.3) is 10.3 Å². The Labute approximate surface area is 79.7 Å². The van der Waals surface area contributed by atoms with Gasteiger partial charge < -0.3 is 0 Å². The molecule has 4 heteroatoms. The van der Waals surface area contributed by atoms with E-state index in [9.17, 15) is 4.79 Å². The molecule has 68 valence electrons. The quantitative estimate of drug-likeness (QED) is 0.696. The van der Waals surface area contributed by atoms with Gasteiger partial charge in [-0.1, -0.05) is 11.3 Å². The van der Waals surface area contributed by atoms with Gasteiger partial charge in [0.25, 0.3) is 0 Å². The Morgan fingerprint density at radius 1 is 1.54 bits per heavy atom. The van der Waals surface area contributed by atoms with Crippen molar-refractivity contribution in [2.75, 3.05) is 0 Å². The van der Waals surface area contributed by atoms with Crippen LogP contribution in [0.2, 0.25) is 0 Å². The van der Waals surface area contributed by atoms with Crippen LogP contribution in [0.3, 0.4) is 0 Å². The van der Waals surface area contributed by atoms with Crippen molar-refractivity contribution in [2.24, 2.45) is 0 Å². The molecule has 3 nitrogen and oxygen atoms in total. The zero-order chi connectivity index (χ0) is 9.42. The predicted octanol–water partition coefficient (Wildman–Crippen LogP) is 2.04. The molecule has 0 bridgehead atoms. The van der Waals surface area contributed by atoms with E-state index in [1.54, 1.807) is 10.8 Å². The lowest BCUT2D eigenvalue weighted by Crippen LogP contribution is -2.15. The number of hydrogen-bond donors (Lipinski definition) is 0. The van der Waals surface area contributed by atoms with E-state index in [1.807, 2.05) is 26.0 Å². The van der Waals surface area contributed by atoms with E-state index in [4.69, 9.17) is 0 Å². The first-order chi connectivity index (χ1) is 6.20. The summed E-state index contributed by atoms with van der Waals surface area (Å²) >= 11 is 1.25. The number of fused-ring (bicyclic) bond motifs is 1. The maximum Gasteiger partial charge on any atom is 0.309 e. The van der Waals surface area contributed by atoms with Crippen molar-refractivity contribution >= 4 is 21.7 Å². The Morgan fingerprint density at radius 3 is 3.00 bits per heavy atom. The molecule has 2 heterocycles. The molecule has 0 aliphatic carbocycles. The summed E-state index contributed by atoms with van der Waals surface area (Å²) in [5, 5.41) is 0. The van der Waals surface area contributed by atoms with Gasteiger partial charge >= 0.3 is 4.87 Å². The molecule has 0 fully saturated rings. The molecule has 2 aromatic heterocycles. The van der Waals surface area contributed by atoms with Crippen LogP contribution >= 0.6 is 11.3 Å². The second kappa shape index (κ2) is 2.96. The molecular weight excluding hydrogens is 184 g/mol. The van der Waals surface area contributed by atoms with E-state index in [1.165, 1.54) is 11.3 Å². The molecule has 0 saturated heterocycles. The summed E-state index contributed by atoms with van der Waals surface area (Å²) in [6.45, 7) is 3.98. The summed E-state index contributed by atoms with van der Waals surface area (Å²) in [7, 11) is 0. The highest BCUT2D eigenvalue weighted by Gasteiger charge is 2.09. The fourth-order valence-corrected chi connectivity index (χ4v) is 2.30. The Morgan fingerprint density at radius 2 is 2.31 bits per heavy atom. The van der Waals surface area contributed by atoms with Crippen molar-refractivity contribution < 1.29 is 0 Å². The molecule has 0 N–H and O–H groups in total. The van der Waals surface area contributed by atoms with E-state index in [0.717, 1.165) is 10.3 Å². The van der Waals surface area contributed by atoms with Gasteiger partial charge in [0.2, 0.25) is 0 Å². The molecule has 0 atom stereocenters. The topological polar surface area (TPSA) is 34.9 Å². The van der Waals surface area contributed by atoms with E-state index in [2.05, 4.69) is 4.98 Å². The van der Waals surface area contributed by atoms with Gasteiger partial charge in [-0.2, -0.15) is 0 Å². The summed E-state index contributed by atoms with van der Waals surface area (Å²) < 4.78 is 2.68. The third-order valence-electron chi connectivity index (χ3n) is 1.89. The summed E-state index contributed by atoms with van der Waals surface area (Å²) in [5.41, 5.74) is 0.799. The highest BCUT2D eigenvalue weighted by Crippen LogP contribution is 2.17. The van der Waals surface area contributed by atoms with Gasteiger partial charge in [-0.15, -0.1) is 0 Å². The lowest BCUT2D eigenvalue weighted by atomic mass is 10.4. The van der Waals surface area contributed by atoms with Gasteiger partial charge in [0.05, 0.1) is 4.70 Å². The number of thiazole rings is 1. The Kier molecular flexibility index (Phi) is 1.92. The normalized spacial score (nSPS) is 11.3. The Hall–Kier alpha value is -1.16. The maximum atomic E-state index is 11.5. The zero-order valence-electron chi connectivity index (χ0n) is 7.52. The summed E-state index contributed by atoms with van der Waals surface area (Å²) in [5.74, 6) is 0. The number of aromatic nitrogens is 2. The third kappa shape index (κ3) is 1.27. The van der Waals surface area contributed by atoms with Gasteiger partial charge in [-0.25, -0.2) is 4.98 Å². The fraction of sp³-hybridized carbons (Fsp3) is 0.333. The van der Waals surface area contributed by atoms with E-state index in [0.29, 0.717) is 0 Å². The largest absolute Gasteiger partial charge is 0.309 e. The maximum absolute atomic E-state index is 11.5. The first-order valence-corrected chi connectivity index (χ1v) is 4.98. The lowest BCUT2D eigenvalue weighted by molar-refractivity contribution is 0.606. The van der Waals surface area contributed by atoms with Crippen LogP contribution in [0, 0.1) is 0 Å². The summed E-state index contributed by atoms with van der Waals surface area (Å²) in [6, 6.07) is 3.95. The molecule has 0 radical (unpaired) electrons. The molecule has 13 heavy (non-hydrogen) atoms. The van der Waals surface area contributed by atoms with Crippen molar-refractivity contribution in [3.8, 4) is 0 Å². The predicted molar refractivity (Wildman–Crippen MR) is 54.3 cm³/mol. The molecule has 2 rings (SSSR count). The van der Waals surface area contributed by atoms with Crippen LogP contribution in [0.15, 0.2) is 23.1 Å². The Bertz CT molecular complexity index is 484. The highest BCUT2D eigenvalue weighted by molar-refractivity contribution is 7.16. The van der Waals surface area contributed by atoms with Crippen molar-refractivity contribution in [3.05, 3.63) is 28.0 Å². The molecule has 0 aromatic carbocycles. The average Bonchev–Trinajstić information content (AvgIpc) is 2.39. The van der Waals surface area contributed by atoms with E-state index in [-0.39, 0.29) is 10.9 Å². The standard InChI is InChI=1S/C9H10N2OS/c1-6(2)11-8-7(13-9(11)12)4-3-5-10-8/h3-6H,1-2H3. The van der Waals surface area contributed by atoms with Gasteiger partial charge in [-0.3, -0.25) is 9.36 Å². The smallest absolute Gasteiger partial charge is 0.281 e. The molecule has 0 unspecified atom stereocenters. The van der Waals surface area contributed by atoms with Gasteiger partial charge in [0.1, 0.15) is 0 Å². The number of nitrogens with zero attached hydrogens (tertiary/aromatic N) is 2. The van der Waals surface area contributed by atoms with Crippen LogP contribution in [0.1, 0.15) is 19.9 Å². The number of rotatable bonds is 1. The minimum Gasteiger partial charge on any atom is -0.281 e. The van der Waals surface area contributed by atoms with Crippen molar-refractivity contribution in [3.63, 3.8) is 0 Å². The summed E-state index contributed by atoms with van der Waals surface area (Å²) in [6.07, 6.45) is 1.72. The van der Waals surface area contributed by atoms with Gasteiger partial charge in [0.15, 0.2) is 5.65 Å². The van der Waals surface area contributed by atoms with E-state index < -0.39 is 0 Å². The highest BCUT2D eigenvalue weighted by atomic mass is 32.1.